The molecule has 0 radical (unpaired) electrons. The summed E-state index contributed by atoms with van der Waals surface area (Å²) in [4.78, 5) is 16.9. The summed E-state index contributed by atoms with van der Waals surface area (Å²) in [6.45, 7) is 5.60. The molecule has 6 heteroatoms. The van der Waals surface area contributed by atoms with Crippen LogP contribution in [0.15, 0.2) is 41.0 Å². The fourth-order valence-corrected chi connectivity index (χ4v) is 4.39. The van der Waals surface area contributed by atoms with Gasteiger partial charge in [0.15, 0.2) is 5.76 Å². The normalized spacial score (nSPS) is 20.2. The van der Waals surface area contributed by atoms with Gasteiger partial charge in [-0.3, -0.25) is 9.69 Å². The number of piperidine rings is 1. The lowest BCUT2D eigenvalue weighted by molar-refractivity contribution is 0.0662. The summed E-state index contributed by atoms with van der Waals surface area (Å²) in [5.74, 6) is 1.37. The second-order valence-electron chi connectivity index (χ2n) is 8.08. The van der Waals surface area contributed by atoms with Crippen LogP contribution in [0.4, 0.5) is 0 Å². The molecule has 2 aliphatic heterocycles. The lowest BCUT2D eigenvalue weighted by Crippen LogP contribution is -2.47. The minimum absolute atomic E-state index is 0.0150. The number of nitrogens with zero attached hydrogens (tertiary/aromatic N) is 2. The van der Waals surface area contributed by atoms with Gasteiger partial charge in [-0.2, -0.15) is 0 Å². The third kappa shape index (κ3) is 5.00. The topological polar surface area (TPSA) is 58.0 Å². The van der Waals surface area contributed by atoms with E-state index in [1.807, 2.05) is 4.90 Å². The monoisotopic (exact) mass is 397 g/mol. The van der Waals surface area contributed by atoms with Crippen LogP contribution in [0.5, 0.6) is 5.75 Å². The number of nitrogens with one attached hydrogen (secondary N) is 1. The first-order chi connectivity index (χ1) is 14.2. The van der Waals surface area contributed by atoms with E-state index in [1.54, 1.807) is 25.5 Å². The summed E-state index contributed by atoms with van der Waals surface area (Å²) in [5.41, 5.74) is 2.52. The lowest BCUT2D eigenvalue weighted by Gasteiger charge is -2.33. The van der Waals surface area contributed by atoms with Gasteiger partial charge in [0.25, 0.3) is 5.91 Å². The zero-order valence-corrected chi connectivity index (χ0v) is 17.2. The number of ether oxygens (including phenoxy) is 1. The minimum Gasteiger partial charge on any atom is -0.496 e. The van der Waals surface area contributed by atoms with Crippen LogP contribution >= 0.6 is 0 Å². The second-order valence-corrected chi connectivity index (χ2v) is 8.08. The van der Waals surface area contributed by atoms with Crippen molar-refractivity contribution in [2.45, 2.75) is 44.8 Å². The molecule has 2 aromatic rings. The van der Waals surface area contributed by atoms with Crippen molar-refractivity contribution in [2.24, 2.45) is 0 Å². The Bertz CT molecular complexity index is 800. The maximum atomic E-state index is 12.5. The maximum absolute atomic E-state index is 12.5. The van der Waals surface area contributed by atoms with Crippen molar-refractivity contribution >= 4 is 5.91 Å². The number of rotatable bonds is 7. The number of carbonyl (C=O) groups excluding carboxylic acids is 1. The van der Waals surface area contributed by atoms with E-state index in [-0.39, 0.29) is 5.91 Å². The first kappa shape index (κ1) is 20.0. The minimum atomic E-state index is -0.0150. The number of furan rings is 1. The van der Waals surface area contributed by atoms with E-state index in [0.717, 1.165) is 44.8 Å². The van der Waals surface area contributed by atoms with Gasteiger partial charge in [0.05, 0.1) is 13.4 Å². The average molecular weight is 398 g/mol. The summed E-state index contributed by atoms with van der Waals surface area (Å²) >= 11 is 0. The molecule has 1 aromatic carbocycles. The summed E-state index contributed by atoms with van der Waals surface area (Å²) in [6, 6.07) is 10.3. The van der Waals surface area contributed by atoms with Crippen LogP contribution in [0.2, 0.25) is 0 Å². The highest BCUT2D eigenvalue weighted by Gasteiger charge is 2.25. The van der Waals surface area contributed by atoms with Gasteiger partial charge in [-0.15, -0.1) is 0 Å². The van der Waals surface area contributed by atoms with Crippen molar-refractivity contribution < 1.29 is 13.9 Å². The van der Waals surface area contributed by atoms with Crippen molar-refractivity contribution in [3.63, 3.8) is 0 Å². The van der Waals surface area contributed by atoms with Crippen molar-refractivity contribution in [3.8, 4) is 5.75 Å². The quantitative estimate of drug-likeness (QED) is 0.777. The Hall–Kier alpha value is -2.31. The largest absolute Gasteiger partial charge is 0.496 e. The molecule has 2 saturated heterocycles. The van der Waals surface area contributed by atoms with Gasteiger partial charge in [-0.05, 0) is 68.6 Å². The fourth-order valence-electron chi connectivity index (χ4n) is 4.39. The Balaban J connectivity index is 1.35. The highest BCUT2D eigenvalue weighted by molar-refractivity contribution is 5.91. The van der Waals surface area contributed by atoms with E-state index in [0.29, 0.717) is 11.8 Å². The van der Waals surface area contributed by atoms with E-state index >= 15 is 0 Å². The smallest absolute Gasteiger partial charge is 0.289 e. The summed E-state index contributed by atoms with van der Waals surface area (Å²) in [6.07, 6.45) is 6.22. The number of carbonyl (C=O) groups is 1. The van der Waals surface area contributed by atoms with Crippen LogP contribution in [-0.2, 0) is 13.1 Å². The van der Waals surface area contributed by atoms with Crippen LogP contribution in [0.1, 0.15) is 47.4 Å². The molecule has 0 aliphatic carbocycles. The molecule has 1 unspecified atom stereocenters. The van der Waals surface area contributed by atoms with Gasteiger partial charge in [-0.25, -0.2) is 0 Å². The molecule has 6 nitrogen and oxygen atoms in total. The average Bonchev–Trinajstić information content (AvgIpc) is 3.46. The number of benzene rings is 1. The summed E-state index contributed by atoms with van der Waals surface area (Å²) in [7, 11) is 1.74. The van der Waals surface area contributed by atoms with Crippen molar-refractivity contribution in [1.82, 2.24) is 15.1 Å². The standard InChI is InChI=1S/C23H31N3O3/c1-28-21-9-8-18(14-19(21)16-25-10-2-3-11-25)15-24-20-6-4-12-26(17-20)23(27)22-7-5-13-29-22/h5,7-9,13-14,20,24H,2-4,6,10-12,15-17H2,1H3. The molecule has 0 bridgehead atoms. The Morgan fingerprint density at radius 2 is 2.07 bits per heavy atom. The van der Waals surface area contributed by atoms with Crippen LogP contribution < -0.4 is 10.1 Å². The van der Waals surface area contributed by atoms with Gasteiger partial charge >= 0.3 is 0 Å². The molecular weight excluding hydrogens is 366 g/mol. The van der Waals surface area contributed by atoms with Crippen molar-refractivity contribution in [1.29, 1.82) is 0 Å². The van der Waals surface area contributed by atoms with E-state index < -0.39 is 0 Å². The van der Waals surface area contributed by atoms with E-state index in [1.165, 1.54) is 37.1 Å². The predicted octanol–water partition coefficient (Wildman–Crippen LogP) is 3.28. The molecule has 0 spiro atoms. The third-order valence-electron chi connectivity index (χ3n) is 5.97. The molecule has 4 rings (SSSR count). The lowest BCUT2D eigenvalue weighted by atomic mass is 10.0. The molecular formula is C23H31N3O3. The van der Waals surface area contributed by atoms with Crippen LogP contribution in [0.3, 0.4) is 0 Å². The second kappa shape index (κ2) is 9.46. The molecule has 1 amide bonds. The van der Waals surface area contributed by atoms with E-state index in [2.05, 4.69) is 28.4 Å². The first-order valence-corrected chi connectivity index (χ1v) is 10.7. The van der Waals surface area contributed by atoms with Crippen LogP contribution in [-0.4, -0.2) is 55.0 Å². The SMILES string of the molecule is COc1ccc(CNC2CCCN(C(=O)c3ccco3)C2)cc1CN1CCCC1. The number of methoxy groups -OCH3 is 1. The van der Waals surface area contributed by atoms with Crippen molar-refractivity contribution in [3.05, 3.63) is 53.5 Å². The van der Waals surface area contributed by atoms with Gasteiger partial charge in [0.2, 0.25) is 0 Å². The summed E-state index contributed by atoms with van der Waals surface area (Å²) < 4.78 is 10.9. The third-order valence-corrected chi connectivity index (χ3v) is 5.97. The Kier molecular flexibility index (Phi) is 6.52. The highest BCUT2D eigenvalue weighted by atomic mass is 16.5. The van der Waals surface area contributed by atoms with Gasteiger partial charge in [0, 0.05) is 37.8 Å². The van der Waals surface area contributed by atoms with Gasteiger partial charge in [0.1, 0.15) is 5.75 Å². The van der Waals surface area contributed by atoms with Gasteiger partial charge in [-0.1, -0.05) is 6.07 Å². The molecule has 1 atom stereocenters. The Labute approximate surface area is 172 Å². The Morgan fingerprint density at radius 1 is 1.21 bits per heavy atom. The Morgan fingerprint density at radius 3 is 2.83 bits per heavy atom. The molecule has 2 aliphatic rings. The van der Waals surface area contributed by atoms with Crippen molar-refractivity contribution in [2.75, 3.05) is 33.3 Å². The van der Waals surface area contributed by atoms with E-state index in [9.17, 15) is 4.79 Å². The molecule has 29 heavy (non-hydrogen) atoms. The zero-order chi connectivity index (χ0) is 20.1. The number of amides is 1. The van der Waals surface area contributed by atoms with Crippen LogP contribution in [0.25, 0.3) is 0 Å². The molecule has 3 heterocycles. The van der Waals surface area contributed by atoms with E-state index in [4.69, 9.17) is 9.15 Å². The fraction of sp³-hybridized carbons (Fsp3) is 0.522. The number of hydrogen-bond acceptors (Lipinski definition) is 5. The zero-order valence-electron chi connectivity index (χ0n) is 17.2. The number of hydrogen-bond donors (Lipinski definition) is 1. The molecule has 0 saturated carbocycles. The first-order valence-electron chi connectivity index (χ1n) is 10.7. The molecule has 1 N–H and O–H groups in total. The van der Waals surface area contributed by atoms with Crippen LogP contribution in [0, 0.1) is 0 Å². The highest BCUT2D eigenvalue weighted by Crippen LogP contribution is 2.24. The summed E-state index contributed by atoms with van der Waals surface area (Å²) in [5, 5.41) is 3.65. The molecule has 2 fully saturated rings. The molecule has 156 valence electrons. The predicted molar refractivity (Wildman–Crippen MR) is 112 cm³/mol. The van der Waals surface area contributed by atoms with Gasteiger partial charge < -0.3 is 19.4 Å². The number of likely N-dealkylation sites (tertiary alicyclic amines) is 2. The maximum Gasteiger partial charge on any atom is 0.289 e. The molecule has 1 aromatic heterocycles.